The van der Waals surface area contributed by atoms with Crippen LogP contribution in [0.2, 0.25) is 0 Å². The fourth-order valence-electron chi connectivity index (χ4n) is 0.667. The first-order chi connectivity index (χ1) is 4.77. The lowest BCUT2D eigenvalue weighted by Crippen LogP contribution is -1.90. The molecule has 10 heavy (non-hydrogen) atoms. The molecule has 0 saturated carbocycles. The zero-order valence-corrected chi connectivity index (χ0v) is 8.86. The minimum Gasteiger partial charge on any atom is -0.165 e. The van der Waals surface area contributed by atoms with E-state index >= 15 is 0 Å². The van der Waals surface area contributed by atoms with Gasteiger partial charge in [0.05, 0.1) is 0 Å². The predicted molar refractivity (Wildman–Crippen MR) is 55.2 cm³/mol. The largest absolute Gasteiger partial charge is 0.165 e. The van der Waals surface area contributed by atoms with Crippen LogP contribution in [-0.4, -0.2) is 23.0 Å². The average molecular weight is 178 g/mol. The summed E-state index contributed by atoms with van der Waals surface area (Å²) in [6.07, 6.45) is 4.96. The monoisotopic (exact) mass is 178 g/mol. The van der Waals surface area contributed by atoms with E-state index < -0.39 is 0 Å². The zero-order chi connectivity index (χ0) is 7.82. The molecule has 2 heteroatoms. The van der Waals surface area contributed by atoms with E-state index in [0.717, 1.165) is 5.25 Å². The van der Waals surface area contributed by atoms with Crippen molar-refractivity contribution in [3.63, 3.8) is 0 Å². The number of hydrogen-bond acceptors (Lipinski definition) is 2. The molecule has 0 atom stereocenters. The Morgan fingerprint density at radius 1 is 1.10 bits per heavy atom. The van der Waals surface area contributed by atoms with Gasteiger partial charge in [0.25, 0.3) is 0 Å². The Bertz CT molecular complexity index is 62.3. The summed E-state index contributed by atoms with van der Waals surface area (Å²) in [6, 6.07) is 0. The van der Waals surface area contributed by atoms with Gasteiger partial charge in [-0.1, -0.05) is 13.8 Å². The van der Waals surface area contributed by atoms with Gasteiger partial charge >= 0.3 is 0 Å². The van der Waals surface area contributed by atoms with E-state index in [0.29, 0.717) is 0 Å². The molecule has 0 radical (unpaired) electrons. The maximum atomic E-state index is 2.26. The first kappa shape index (κ1) is 10.7. The van der Waals surface area contributed by atoms with Gasteiger partial charge in [-0.15, -0.1) is 0 Å². The first-order valence-electron chi connectivity index (χ1n) is 3.88. The highest BCUT2D eigenvalue weighted by atomic mass is 32.2. The molecular weight excluding hydrogens is 160 g/mol. The lowest BCUT2D eigenvalue weighted by Gasteiger charge is -2.02. The average Bonchev–Trinajstić information content (AvgIpc) is 1.87. The Hall–Kier alpha value is 0.700. The van der Waals surface area contributed by atoms with Crippen LogP contribution >= 0.6 is 23.5 Å². The fraction of sp³-hybridized carbons (Fsp3) is 1.00. The topological polar surface area (TPSA) is 0 Å². The molecule has 0 heterocycles. The molecule has 0 aromatic heterocycles. The van der Waals surface area contributed by atoms with Gasteiger partial charge in [0, 0.05) is 0 Å². The number of rotatable bonds is 6. The Morgan fingerprint density at radius 2 is 1.70 bits per heavy atom. The number of hydrogen-bond donors (Lipinski definition) is 0. The Balaban J connectivity index is 2.77. The predicted octanol–water partition coefficient (Wildman–Crippen LogP) is 3.27. The third kappa shape index (κ3) is 8.70. The van der Waals surface area contributed by atoms with Gasteiger partial charge in [-0.25, -0.2) is 0 Å². The normalized spacial score (nSPS) is 10.8. The second kappa shape index (κ2) is 7.80. The fourth-order valence-corrected chi connectivity index (χ4v) is 2.00. The standard InChI is InChI=1S/C8H18S2/c1-8(2)10-7-5-4-6-9-3/h8H,4-7H2,1-3H3. The summed E-state index contributed by atoms with van der Waals surface area (Å²) in [7, 11) is 0. The molecule has 0 fully saturated rings. The van der Waals surface area contributed by atoms with E-state index in [4.69, 9.17) is 0 Å². The van der Waals surface area contributed by atoms with Crippen LogP contribution < -0.4 is 0 Å². The van der Waals surface area contributed by atoms with Crippen LogP contribution in [0.4, 0.5) is 0 Å². The van der Waals surface area contributed by atoms with E-state index in [1.165, 1.54) is 24.3 Å². The van der Waals surface area contributed by atoms with E-state index in [2.05, 4.69) is 31.9 Å². The van der Waals surface area contributed by atoms with Gasteiger partial charge in [0.15, 0.2) is 0 Å². The van der Waals surface area contributed by atoms with Crippen molar-refractivity contribution in [2.75, 3.05) is 17.8 Å². The summed E-state index contributed by atoms with van der Waals surface area (Å²) in [5, 5.41) is 0.814. The van der Waals surface area contributed by atoms with Gasteiger partial charge in [-0.05, 0) is 35.9 Å². The lowest BCUT2D eigenvalue weighted by atomic mass is 10.4. The van der Waals surface area contributed by atoms with Crippen LogP contribution in [0, 0.1) is 0 Å². The second-order valence-corrected chi connectivity index (χ2v) is 5.29. The lowest BCUT2D eigenvalue weighted by molar-refractivity contribution is 0.904. The third-order valence-corrected chi connectivity index (χ3v) is 3.08. The number of thioether (sulfide) groups is 2. The molecule has 0 rings (SSSR count). The van der Waals surface area contributed by atoms with Crippen molar-refractivity contribution in [3.05, 3.63) is 0 Å². The summed E-state index contributed by atoms with van der Waals surface area (Å²) in [4.78, 5) is 0. The highest BCUT2D eigenvalue weighted by Gasteiger charge is 1.92. The quantitative estimate of drug-likeness (QED) is 0.573. The Morgan fingerprint density at radius 3 is 2.20 bits per heavy atom. The van der Waals surface area contributed by atoms with Crippen molar-refractivity contribution >= 4 is 23.5 Å². The summed E-state index contributed by atoms with van der Waals surface area (Å²) in [6.45, 7) is 4.53. The molecule has 0 saturated heterocycles. The number of unbranched alkanes of at least 4 members (excludes halogenated alkanes) is 1. The van der Waals surface area contributed by atoms with Crippen molar-refractivity contribution in [2.24, 2.45) is 0 Å². The van der Waals surface area contributed by atoms with Crippen LogP contribution in [-0.2, 0) is 0 Å². The first-order valence-corrected chi connectivity index (χ1v) is 6.32. The van der Waals surface area contributed by atoms with Gasteiger partial charge in [0.2, 0.25) is 0 Å². The summed E-state index contributed by atoms with van der Waals surface area (Å²) in [5.74, 6) is 2.68. The molecule has 0 aromatic rings. The molecule has 0 amide bonds. The van der Waals surface area contributed by atoms with E-state index in [1.807, 2.05) is 11.8 Å². The smallest absolute Gasteiger partial charge is 0.000968 e. The van der Waals surface area contributed by atoms with Crippen LogP contribution in [0.25, 0.3) is 0 Å². The van der Waals surface area contributed by atoms with E-state index in [-0.39, 0.29) is 0 Å². The van der Waals surface area contributed by atoms with E-state index in [1.54, 1.807) is 0 Å². The molecule has 0 aliphatic carbocycles. The molecule has 0 spiro atoms. The van der Waals surface area contributed by atoms with Crippen molar-refractivity contribution in [1.82, 2.24) is 0 Å². The highest BCUT2D eigenvalue weighted by Crippen LogP contribution is 2.12. The van der Waals surface area contributed by atoms with Gasteiger partial charge in [-0.2, -0.15) is 23.5 Å². The van der Waals surface area contributed by atoms with Crippen LogP contribution in [0.5, 0.6) is 0 Å². The maximum absolute atomic E-state index is 2.26. The molecule has 62 valence electrons. The summed E-state index contributed by atoms with van der Waals surface area (Å²) in [5.41, 5.74) is 0. The molecule has 0 nitrogen and oxygen atoms in total. The highest BCUT2D eigenvalue weighted by molar-refractivity contribution is 7.99. The van der Waals surface area contributed by atoms with Crippen LogP contribution in [0.3, 0.4) is 0 Å². The van der Waals surface area contributed by atoms with Crippen molar-refractivity contribution in [2.45, 2.75) is 31.9 Å². The minimum atomic E-state index is 0.814. The van der Waals surface area contributed by atoms with Gasteiger partial charge in [-0.3, -0.25) is 0 Å². The maximum Gasteiger partial charge on any atom is -0.000968 e. The summed E-state index contributed by atoms with van der Waals surface area (Å²) < 4.78 is 0. The molecule has 0 aromatic carbocycles. The Labute approximate surface area is 73.5 Å². The molecule has 0 aliphatic heterocycles. The second-order valence-electron chi connectivity index (χ2n) is 2.62. The molecular formula is C8H18S2. The SMILES string of the molecule is CSCCCCSC(C)C. The van der Waals surface area contributed by atoms with Crippen molar-refractivity contribution < 1.29 is 0 Å². The van der Waals surface area contributed by atoms with Crippen LogP contribution in [0.15, 0.2) is 0 Å². The third-order valence-electron chi connectivity index (χ3n) is 1.19. The van der Waals surface area contributed by atoms with Gasteiger partial charge in [0.1, 0.15) is 0 Å². The minimum absolute atomic E-state index is 0.814. The van der Waals surface area contributed by atoms with Crippen molar-refractivity contribution in [3.8, 4) is 0 Å². The van der Waals surface area contributed by atoms with Crippen LogP contribution in [0.1, 0.15) is 26.7 Å². The van der Waals surface area contributed by atoms with Crippen molar-refractivity contribution in [1.29, 1.82) is 0 Å². The molecule has 0 N–H and O–H groups in total. The molecule has 0 unspecified atom stereocenters. The molecule has 0 aliphatic rings. The Kier molecular flexibility index (Phi) is 8.35. The van der Waals surface area contributed by atoms with E-state index in [9.17, 15) is 0 Å². The molecule has 0 bridgehead atoms. The zero-order valence-electron chi connectivity index (χ0n) is 7.22. The van der Waals surface area contributed by atoms with Gasteiger partial charge < -0.3 is 0 Å². The summed E-state index contributed by atoms with van der Waals surface area (Å²) >= 11 is 4.02.